The maximum absolute atomic E-state index is 11.4. The number of rotatable bonds is 4. The minimum atomic E-state index is -0.447. The summed E-state index contributed by atoms with van der Waals surface area (Å²) in [5, 5.41) is 0. The summed E-state index contributed by atoms with van der Waals surface area (Å²) in [7, 11) is 0. The molecule has 3 nitrogen and oxygen atoms in total. The quantitative estimate of drug-likeness (QED) is 0.690. The lowest BCUT2D eigenvalue weighted by atomic mass is 10.2. The van der Waals surface area contributed by atoms with Gasteiger partial charge in [-0.1, -0.05) is 0 Å². The van der Waals surface area contributed by atoms with E-state index in [2.05, 4.69) is 0 Å². The maximum Gasteiger partial charge on any atom is 0.187 e. The van der Waals surface area contributed by atoms with Crippen LogP contribution >= 0.6 is 0 Å². The van der Waals surface area contributed by atoms with Crippen molar-refractivity contribution < 1.29 is 14.3 Å². The highest BCUT2D eigenvalue weighted by molar-refractivity contribution is 5.97. The summed E-state index contributed by atoms with van der Waals surface area (Å²) in [4.78, 5) is 11.4. The molecule has 0 saturated carbocycles. The highest BCUT2D eigenvalue weighted by Gasteiger charge is 2.32. The van der Waals surface area contributed by atoms with E-state index in [1.54, 1.807) is 12.2 Å². The Morgan fingerprint density at radius 3 is 2.21 bits per heavy atom. The standard InChI is InChI=1S/C11H18O3/c1-7(2)13-10-6-5-9(12)11(10)14-8(3)4/h5-8,10-11H,1-4H3. The Balaban J connectivity index is 2.56. The smallest absolute Gasteiger partial charge is 0.187 e. The van der Waals surface area contributed by atoms with Crippen LogP contribution in [0.2, 0.25) is 0 Å². The minimum absolute atomic E-state index is 0.00403. The molecule has 2 atom stereocenters. The zero-order valence-corrected chi connectivity index (χ0v) is 9.19. The van der Waals surface area contributed by atoms with Crippen LogP contribution in [0.1, 0.15) is 27.7 Å². The minimum Gasteiger partial charge on any atom is -0.368 e. The third-order valence-electron chi connectivity index (χ3n) is 1.88. The summed E-state index contributed by atoms with van der Waals surface area (Å²) in [5.41, 5.74) is 0. The lowest BCUT2D eigenvalue weighted by molar-refractivity contribution is -0.138. The van der Waals surface area contributed by atoms with E-state index in [-0.39, 0.29) is 24.1 Å². The van der Waals surface area contributed by atoms with E-state index in [1.807, 2.05) is 27.7 Å². The molecule has 0 radical (unpaired) electrons. The van der Waals surface area contributed by atoms with Crippen molar-refractivity contribution in [2.75, 3.05) is 0 Å². The van der Waals surface area contributed by atoms with E-state index < -0.39 is 6.10 Å². The zero-order chi connectivity index (χ0) is 10.7. The molecule has 0 heterocycles. The van der Waals surface area contributed by atoms with Crippen LogP contribution in [0.25, 0.3) is 0 Å². The Labute approximate surface area is 85.1 Å². The van der Waals surface area contributed by atoms with Gasteiger partial charge in [0.2, 0.25) is 0 Å². The van der Waals surface area contributed by atoms with Gasteiger partial charge in [-0.05, 0) is 39.8 Å². The average molecular weight is 198 g/mol. The summed E-state index contributed by atoms with van der Waals surface area (Å²) < 4.78 is 11.1. The summed E-state index contributed by atoms with van der Waals surface area (Å²) >= 11 is 0. The summed E-state index contributed by atoms with van der Waals surface area (Å²) in [5.74, 6) is 0.00403. The van der Waals surface area contributed by atoms with Crippen LogP contribution in [0.5, 0.6) is 0 Å². The first-order chi connectivity index (χ1) is 6.50. The molecule has 0 amide bonds. The fraction of sp³-hybridized carbons (Fsp3) is 0.727. The summed E-state index contributed by atoms with van der Waals surface area (Å²) in [6.07, 6.45) is 2.80. The average Bonchev–Trinajstić information content (AvgIpc) is 2.34. The van der Waals surface area contributed by atoms with Gasteiger partial charge in [-0.2, -0.15) is 0 Å². The van der Waals surface area contributed by atoms with E-state index in [1.165, 1.54) is 0 Å². The van der Waals surface area contributed by atoms with Crippen molar-refractivity contribution in [3.63, 3.8) is 0 Å². The molecule has 0 aromatic carbocycles. The fourth-order valence-electron chi connectivity index (χ4n) is 1.42. The van der Waals surface area contributed by atoms with Crippen molar-refractivity contribution in [3.05, 3.63) is 12.2 Å². The molecule has 1 rings (SSSR count). The zero-order valence-electron chi connectivity index (χ0n) is 9.19. The molecule has 2 unspecified atom stereocenters. The third-order valence-corrected chi connectivity index (χ3v) is 1.88. The van der Waals surface area contributed by atoms with Gasteiger partial charge in [0.15, 0.2) is 5.78 Å². The van der Waals surface area contributed by atoms with Crippen LogP contribution in [0.15, 0.2) is 12.2 Å². The van der Waals surface area contributed by atoms with Crippen molar-refractivity contribution in [2.24, 2.45) is 0 Å². The van der Waals surface area contributed by atoms with Crippen molar-refractivity contribution in [2.45, 2.75) is 52.1 Å². The number of hydrogen-bond acceptors (Lipinski definition) is 3. The normalized spacial score (nSPS) is 26.9. The predicted molar refractivity (Wildman–Crippen MR) is 54.2 cm³/mol. The first-order valence-corrected chi connectivity index (χ1v) is 5.03. The summed E-state index contributed by atoms with van der Waals surface area (Å²) in [6.45, 7) is 7.72. The predicted octanol–water partition coefficient (Wildman–Crippen LogP) is 1.71. The highest BCUT2D eigenvalue weighted by Crippen LogP contribution is 2.18. The highest BCUT2D eigenvalue weighted by atomic mass is 16.6. The van der Waals surface area contributed by atoms with Crippen molar-refractivity contribution in [3.8, 4) is 0 Å². The lowest BCUT2D eigenvalue weighted by Crippen LogP contribution is -2.35. The van der Waals surface area contributed by atoms with Gasteiger partial charge < -0.3 is 9.47 Å². The Morgan fingerprint density at radius 2 is 1.71 bits per heavy atom. The second-order valence-corrected chi connectivity index (χ2v) is 4.02. The third kappa shape index (κ3) is 2.93. The monoisotopic (exact) mass is 198 g/mol. The lowest BCUT2D eigenvalue weighted by Gasteiger charge is -2.22. The van der Waals surface area contributed by atoms with Crippen LogP contribution in [0, 0.1) is 0 Å². The molecule has 1 aliphatic carbocycles. The van der Waals surface area contributed by atoms with Crippen LogP contribution in [-0.4, -0.2) is 30.2 Å². The molecule has 0 aromatic rings. The van der Waals surface area contributed by atoms with Gasteiger partial charge >= 0.3 is 0 Å². The van der Waals surface area contributed by atoms with Crippen molar-refractivity contribution >= 4 is 5.78 Å². The number of ether oxygens (including phenoxy) is 2. The molecule has 0 bridgehead atoms. The number of carbonyl (C=O) groups excluding carboxylic acids is 1. The molecule has 14 heavy (non-hydrogen) atoms. The Morgan fingerprint density at radius 1 is 1.14 bits per heavy atom. The van der Waals surface area contributed by atoms with E-state index >= 15 is 0 Å². The Hall–Kier alpha value is -0.670. The van der Waals surface area contributed by atoms with E-state index in [4.69, 9.17) is 9.47 Å². The topological polar surface area (TPSA) is 35.5 Å². The van der Waals surface area contributed by atoms with Gasteiger partial charge in [0.1, 0.15) is 12.2 Å². The molecule has 0 spiro atoms. The molecule has 0 saturated heterocycles. The van der Waals surface area contributed by atoms with Crippen molar-refractivity contribution in [1.29, 1.82) is 0 Å². The van der Waals surface area contributed by atoms with Crippen molar-refractivity contribution in [1.82, 2.24) is 0 Å². The molecule has 0 N–H and O–H groups in total. The maximum atomic E-state index is 11.4. The second kappa shape index (κ2) is 4.71. The van der Waals surface area contributed by atoms with Crippen LogP contribution in [0.4, 0.5) is 0 Å². The van der Waals surface area contributed by atoms with Crippen LogP contribution < -0.4 is 0 Å². The first kappa shape index (κ1) is 11.4. The van der Waals surface area contributed by atoms with Crippen LogP contribution in [-0.2, 0) is 14.3 Å². The molecule has 1 aliphatic rings. The molecular weight excluding hydrogens is 180 g/mol. The van der Waals surface area contributed by atoms with Gasteiger partial charge in [0.25, 0.3) is 0 Å². The molecule has 3 heteroatoms. The molecule has 0 fully saturated rings. The summed E-state index contributed by atoms with van der Waals surface area (Å²) in [6, 6.07) is 0. The number of hydrogen-bond donors (Lipinski definition) is 0. The second-order valence-electron chi connectivity index (χ2n) is 4.02. The first-order valence-electron chi connectivity index (χ1n) is 5.03. The Kier molecular flexibility index (Phi) is 3.84. The van der Waals surface area contributed by atoms with Gasteiger partial charge in [0.05, 0.1) is 12.2 Å². The Bertz CT molecular complexity index is 231. The van der Waals surface area contributed by atoms with E-state index in [0.717, 1.165) is 0 Å². The molecular formula is C11H18O3. The number of carbonyl (C=O) groups is 1. The van der Waals surface area contributed by atoms with Gasteiger partial charge in [0, 0.05) is 0 Å². The van der Waals surface area contributed by atoms with E-state index in [0.29, 0.717) is 0 Å². The SMILES string of the molecule is CC(C)OC1C=CC(=O)C1OC(C)C. The molecule has 0 aliphatic heterocycles. The van der Waals surface area contributed by atoms with Crippen LogP contribution in [0.3, 0.4) is 0 Å². The van der Waals surface area contributed by atoms with Gasteiger partial charge in [-0.3, -0.25) is 4.79 Å². The molecule has 80 valence electrons. The largest absolute Gasteiger partial charge is 0.368 e. The molecule has 0 aromatic heterocycles. The number of ketones is 1. The van der Waals surface area contributed by atoms with E-state index in [9.17, 15) is 4.79 Å². The van der Waals surface area contributed by atoms with Gasteiger partial charge in [-0.25, -0.2) is 0 Å². The fourth-order valence-corrected chi connectivity index (χ4v) is 1.42. The van der Waals surface area contributed by atoms with Gasteiger partial charge in [-0.15, -0.1) is 0 Å².